The Labute approximate surface area is 208 Å². The molecule has 1 fully saturated rings. The van der Waals surface area contributed by atoms with E-state index in [1.807, 2.05) is 23.1 Å². The number of hydrogen-bond acceptors (Lipinski definition) is 3. The molecular formula is C27H27ClF3N3O. The van der Waals surface area contributed by atoms with E-state index in [9.17, 15) is 18.0 Å². The van der Waals surface area contributed by atoms with Gasteiger partial charge in [0, 0.05) is 42.8 Å². The summed E-state index contributed by atoms with van der Waals surface area (Å²) in [5.74, 6) is -1.41. The van der Waals surface area contributed by atoms with E-state index in [0.717, 1.165) is 17.7 Å². The molecule has 3 aromatic carbocycles. The van der Waals surface area contributed by atoms with Crippen LogP contribution in [-0.4, -0.2) is 36.0 Å². The molecule has 1 heterocycles. The SMILES string of the molecule is O=C(NCCc1ccccc1F)[C@@H]1C[C@H](NCc2cc(F)ccc2F)CN1Cc1cccc(Cl)c1. The van der Waals surface area contributed by atoms with Crippen LogP contribution in [0.4, 0.5) is 13.2 Å². The zero-order valence-electron chi connectivity index (χ0n) is 19.1. The van der Waals surface area contributed by atoms with E-state index >= 15 is 0 Å². The summed E-state index contributed by atoms with van der Waals surface area (Å²) in [6.45, 7) is 1.53. The van der Waals surface area contributed by atoms with Crippen LogP contribution in [0.5, 0.6) is 0 Å². The Balaban J connectivity index is 1.41. The summed E-state index contributed by atoms with van der Waals surface area (Å²) in [4.78, 5) is 15.1. The maximum atomic E-state index is 14.0. The van der Waals surface area contributed by atoms with Crippen molar-refractivity contribution >= 4 is 17.5 Å². The van der Waals surface area contributed by atoms with Crippen molar-refractivity contribution in [3.8, 4) is 0 Å². The Hall–Kier alpha value is -2.87. The number of likely N-dealkylation sites (tertiary alicyclic amines) is 1. The normalized spacial score (nSPS) is 18.1. The molecule has 0 aliphatic carbocycles. The minimum absolute atomic E-state index is 0.0980. The third-order valence-electron chi connectivity index (χ3n) is 6.22. The molecule has 0 bridgehead atoms. The van der Waals surface area contributed by atoms with Crippen LogP contribution in [0.3, 0.4) is 0 Å². The number of amides is 1. The van der Waals surface area contributed by atoms with E-state index in [-0.39, 0.29) is 29.9 Å². The first-order valence-corrected chi connectivity index (χ1v) is 11.9. The van der Waals surface area contributed by atoms with Gasteiger partial charge in [-0.1, -0.05) is 41.9 Å². The number of benzene rings is 3. The van der Waals surface area contributed by atoms with Crippen molar-refractivity contribution in [3.63, 3.8) is 0 Å². The number of carbonyl (C=O) groups excluding carboxylic acids is 1. The van der Waals surface area contributed by atoms with Crippen LogP contribution in [0.1, 0.15) is 23.1 Å². The molecule has 1 amide bonds. The molecule has 2 atom stereocenters. The van der Waals surface area contributed by atoms with Gasteiger partial charge in [-0.05, 0) is 60.4 Å². The zero-order chi connectivity index (χ0) is 24.8. The molecule has 35 heavy (non-hydrogen) atoms. The smallest absolute Gasteiger partial charge is 0.237 e. The lowest BCUT2D eigenvalue weighted by atomic mass is 10.1. The summed E-state index contributed by atoms with van der Waals surface area (Å²) in [5.41, 5.74) is 1.76. The summed E-state index contributed by atoms with van der Waals surface area (Å²) in [5, 5.41) is 6.81. The highest BCUT2D eigenvalue weighted by molar-refractivity contribution is 6.30. The van der Waals surface area contributed by atoms with Gasteiger partial charge in [0.05, 0.1) is 6.04 Å². The monoisotopic (exact) mass is 501 g/mol. The maximum absolute atomic E-state index is 14.0. The van der Waals surface area contributed by atoms with E-state index < -0.39 is 17.7 Å². The first kappa shape index (κ1) is 25.2. The van der Waals surface area contributed by atoms with Gasteiger partial charge in [0.25, 0.3) is 0 Å². The fourth-order valence-corrected chi connectivity index (χ4v) is 4.65. The second kappa shape index (κ2) is 11.7. The van der Waals surface area contributed by atoms with Crippen LogP contribution >= 0.6 is 11.6 Å². The summed E-state index contributed by atoms with van der Waals surface area (Å²) < 4.78 is 41.5. The molecule has 8 heteroatoms. The van der Waals surface area contributed by atoms with Gasteiger partial charge in [0.15, 0.2) is 0 Å². The van der Waals surface area contributed by atoms with Crippen molar-refractivity contribution in [3.05, 3.63) is 106 Å². The quantitative estimate of drug-likeness (QED) is 0.440. The first-order chi connectivity index (χ1) is 16.9. The van der Waals surface area contributed by atoms with E-state index in [1.54, 1.807) is 24.3 Å². The van der Waals surface area contributed by atoms with Gasteiger partial charge >= 0.3 is 0 Å². The van der Waals surface area contributed by atoms with E-state index in [2.05, 4.69) is 10.6 Å². The molecule has 4 nitrogen and oxygen atoms in total. The van der Waals surface area contributed by atoms with Crippen LogP contribution in [0, 0.1) is 17.5 Å². The second-order valence-electron chi connectivity index (χ2n) is 8.76. The van der Waals surface area contributed by atoms with Gasteiger partial charge in [-0.15, -0.1) is 0 Å². The summed E-state index contributed by atoms with van der Waals surface area (Å²) >= 11 is 6.14. The fraction of sp³-hybridized carbons (Fsp3) is 0.296. The van der Waals surface area contributed by atoms with E-state index in [4.69, 9.17) is 11.6 Å². The van der Waals surface area contributed by atoms with Crippen molar-refractivity contribution in [2.45, 2.75) is 38.0 Å². The first-order valence-electron chi connectivity index (χ1n) is 11.6. The second-order valence-corrected chi connectivity index (χ2v) is 9.19. The summed E-state index contributed by atoms with van der Waals surface area (Å²) in [7, 11) is 0. The molecule has 184 valence electrons. The lowest BCUT2D eigenvalue weighted by Gasteiger charge is -2.23. The molecule has 2 N–H and O–H groups in total. The van der Waals surface area contributed by atoms with Gasteiger partial charge in [-0.25, -0.2) is 13.2 Å². The van der Waals surface area contributed by atoms with Crippen LogP contribution < -0.4 is 10.6 Å². The third-order valence-corrected chi connectivity index (χ3v) is 6.46. The largest absolute Gasteiger partial charge is 0.354 e. The van der Waals surface area contributed by atoms with Gasteiger partial charge in [0.2, 0.25) is 5.91 Å². The van der Waals surface area contributed by atoms with Crippen molar-refractivity contribution in [2.75, 3.05) is 13.1 Å². The van der Waals surface area contributed by atoms with Gasteiger partial charge in [-0.2, -0.15) is 0 Å². The zero-order valence-corrected chi connectivity index (χ0v) is 19.9. The fourth-order valence-electron chi connectivity index (χ4n) is 4.44. The average molecular weight is 502 g/mol. The number of carbonyl (C=O) groups is 1. The lowest BCUT2D eigenvalue weighted by Crippen LogP contribution is -2.43. The molecule has 4 rings (SSSR count). The average Bonchev–Trinajstić information content (AvgIpc) is 3.23. The number of halogens is 4. The Morgan fingerprint density at radius 1 is 0.971 bits per heavy atom. The number of hydrogen-bond donors (Lipinski definition) is 2. The maximum Gasteiger partial charge on any atom is 0.237 e. The van der Waals surface area contributed by atoms with Gasteiger partial charge in [0.1, 0.15) is 17.5 Å². The highest BCUT2D eigenvalue weighted by Crippen LogP contribution is 2.23. The van der Waals surface area contributed by atoms with Crippen LogP contribution in [-0.2, 0) is 24.3 Å². The minimum Gasteiger partial charge on any atom is -0.354 e. The molecular weight excluding hydrogens is 475 g/mol. The number of rotatable bonds is 9. The molecule has 3 aromatic rings. The molecule has 1 saturated heterocycles. The third kappa shape index (κ3) is 6.84. The molecule has 1 aliphatic heterocycles. The topological polar surface area (TPSA) is 44.4 Å². The molecule has 1 aliphatic rings. The lowest BCUT2D eigenvalue weighted by molar-refractivity contribution is -0.125. The Morgan fingerprint density at radius 2 is 1.77 bits per heavy atom. The van der Waals surface area contributed by atoms with Crippen LogP contribution in [0.25, 0.3) is 0 Å². The molecule has 0 spiro atoms. The molecule has 0 saturated carbocycles. The molecule has 0 radical (unpaired) electrons. The minimum atomic E-state index is -0.496. The van der Waals surface area contributed by atoms with Gasteiger partial charge < -0.3 is 10.6 Å². The highest BCUT2D eigenvalue weighted by Gasteiger charge is 2.36. The standard InChI is InChI=1S/C27H27ClF3N3O/c28-21-6-3-4-18(12-21)16-34-17-23(33-15-20-13-22(29)8-9-25(20)31)14-26(34)27(35)32-11-10-19-5-1-2-7-24(19)30/h1-9,12-13,23,26,33H,10-11,14-17H2,(H,32,35)/t23-,26-/m0/s1. The van der Waals surface area contributed by atoms with E-state index in [0.29, 0.717) is 43.1 Å². The van der Waals surface area contributed by atoms with Crippen molar-refractivity contribution in [2.24, 2.45) is 0 Å². The predicted octanol–water partition coefficient (Wildman–Crippen LogP) is 4.85. The summed E-state index contributed by atoms with van der Waals surface area (Å²) in [6.07, 6.45) is 0.892. The van der Waals surface area contributed by atoms with Crippen molar-refractivity contribution < 1.29 is 18.0 Å². The van der Waals surface area contributed by atoms with Crippen LogP contribution in [0.15, 0.2) is 66.7 Å². The van der Waals surface area contributed by atoms with Crippen molar-refractivity contribution in [1.82, 2.24) is 15.5 Å². The Morgan fingerprint density at radius 3 is 2.57 bits per heavy atom. The van der Waals surface area contributed by atoms with E-state index in [1.165, 1.54) is 12.1 Å². The number of nitrogens with zero attached hydrogens (tertiary/aromatic N) is 1. The molecule has 0 aromatic heterocycles. The summed E-state index contributed by atoms with van der Waals surface area (Å²) in [6, 6.07) is 16.8. The van der Waals surface area contributed by atoms with Gasteiger partial charge in [-0.3, -0.25) is 9.69 Å². The van der Waals surface area contributed by atoms with Crippen molar-refractivity contribution in [1.29, 1.82) is 0 Å². The Kier molecular flexibility index (Phi) is 8.44. The predicted molar refractivity (Wildman–Crippen MR) is 130 cm³/mol. The highest BCUT2D eigenvalue weighted by atomic mass is 35.5. The molecule has 0 unspecified atom stereocenters. The number of nitrogens with one attached hydrogen (secondary N) is 2. The van der Waals surface area contributed by atoms with Crippen LogP contribution in [0.2, 0.25) is 5.02 Å². The Bertz CT molecular complexity index is 1180.